The third kappa shape index (κ3) is 6.69. The van der Waals surface area contributed by atoms with Gasteiger partial charge in [-0.15, -0.1) is 0 Å². The fraction of sp³-hybridized carbons (Fsp3) is 0.310. The third-order valence-corrected chi connectivity index (χ3v) is 6.69. The van der Waals surface area contributed by atoms with Gasteiger partial charge in [0, 0.05) is 23.0 Å². The van der Waals surface area contributed by atoms with Gasteiger partial charge in [0.2, 0.25) is 0 Å². The van der Waals surface area contributed by atoms with Crippen LogP contribution in [0.1, 0.15) is 51.0 Å². The Balaban J connectivity index is 1.53. The molecule has 0 unspecified atom stereocenters. The molecule has 3 N–H and O–H groups in total. The van der Waals surface area contributed by atoms with E-state index in [2.05, 4.69) is 27.0 Å². The number of pyridine rings is 1. The first-order valence-corrected chi connectivity index (χ1v) is 12.1. The lowest BCUT2D eigenvalue weighted by Gasteiger charge is -2.29. The van der Waals surface area contributed by atoms with Gasteiger partial charge in [0.15, 0.2) is 0 Å². The van der Waals surface area contributed by atoms with Crippen LogP contribution in [0, 0.1) is 24.7 Å². The number of halogens is 3. The van der Waals surface area contributed by atoms with Crippen LogP contribution in [-0.2, 0) is 12.6 Å². The maximum absolute atomic E-state index is 13.9. The monoisotopic (exact) mass is 506 g/mol. The Morgan fingerprint density at radius 2 is 1.84 bits per heavy atom. The van der Waals surface area contributed by atoms with E-state index in [1.165, 1.54) is 12.1 Å². The number of hydrogen-bond acceptors (Lipinski definition) is 4. The molecule has 1 fully saturated rings. The minimum absolute atomic E-state index is 0.0980. The van der Waals surface area contributed by atoms with E-state index in [-0.39, 0.29) is 22.7 Å². The molecular formula is C29H29F3N4O. The Kier molecular flexibility index (Phi) is 7.84. The van der Waals surface area contributed by atoms with Crippen LogP contribution in [0.25, 0.3) is 0 Å². The second kappa shape index (κ2) is 11.1. The smallest absolute Gasteiger partial charge is 0.383 e. The number of rotatable bonds is 4. The predicted octanol–water partition coefficient (Wildman–Crippen LogP) is 5.53. The highest BCUT2D eigenvalue weighted by molar-refractivity contribution is 6.04. The van der Waals surface area contributed by atoms with Crippen molar-refractivity contribution in [3.8, 4) is 11.8 Å². The molecule has 0 aliphatic carbocycles. The number of amides is 1. The quantitative estimate of drug-likeness (QED) is 0.457. The number of nitrogens with one attached hydrogen (secondary N) is 1. The summed E-state index contributed by atoms with van der Waals surface area (Å²) in [5.41, 5.74) is 7.82. The molecule has 1 aromatic heterocycles. The first-order valence-electron chi connectivity index (χ1n) is 12.1. The largest absolute Gasteiger partial charge is 0.416 e. The molecule has 0 spiro atoms. The number of nitrogens with zero attached hydrogens (tertiary/aromatic N) is 2. The number of anilines is 2. The lowest BCUT2D eigenvalue weighted by molar-refractivity contribution is -0.138. The zero-order valence-corrected chi connectivity index (χ0v) is 20.8. The summed E-state index contributed by atoms with van der Waals surface area (Å²) in [4.78, 5) is 19.1. The molecule has 5 nitrogen and oxygen atoms in total. The van der Waals surface area contributed by atoms with E-state index < -0.39 is 17.6 Å². The van der Waals surface area contributed by atoms with Crippen molar-refractivity contribution in [2.24, 2.45) is 5.92 Å². The van der Waals surface area contributed by atoms with E-state index in [4.69, 9.17) is 5.73 Å². The molecule has 2 aromatic carbocycles. The number of benzene rings is 2. The number of likely N-dealkylation sites (tertiary alicyclic amines) is 1. The predicted molar refractivity (Wildman–Crippen MR) is 139 cm³/mol. The Hall–Kier alpha value is -3.83. The molecule has 0 saturated carbocycles. The molecule has 1 amide bonds. The Labute approximate surface area is 214 Å². The van der Waals surface area contributed by atoms with Crippen molar-refractivity contribution in [2.75, 3.05) is 31.2 Å². The van der Waals surface area contributed by atoms with Crippen LogP contribution in [0.3, 0.4) is 0 Å². The third-order valence-electron chi connectivity index (χ3n) is 6.69. The summed E-state index contributed by atoms with van der Waals surface area (Å²) in [7, 11) is 2.02. The summed E-state index contributed by atoms with van der Waals surface area (Å²) >= 11 is 0. The fourth-order valence-corrected chi connectivity index (χ4v) is 4.43. The summed E-state index contributed by atoms with van der Waals surface area (Å²) in [6.07, 6.45) is -0.820. The number of nitrogen functional groups attached to an aromatic ring is 1. The van der Waals surface area contributed by atoms with Crippen molar-refractivity contribution in [1.82, 2.24) is 9.88 Å². The Morgan fingerprint density at radius 3 is 2.54 bits per heavy atom. The Bertz CT molecular complexity index is 1350. The van der Waals surface area contributed by atoms with Crippen molar-refractivity contribution in [1.29, 1.82) is 0 Å². The number of piperidine rings is 1. The number of aromatic nitrogens is 1. The zero-order valence-electron chi connectivity index (χ0n) is 20.8. The summed E-state index contributed by atoms with van der Waals surface area (Å²) < 4.78 is 41.7. The van der Waals surface area contributed by atoms with E-state index in [1.807, 2.05) is 14.0 Å². The molecular weight excluding hydrogens is 477 g/mol. The van der Waals surface area contributed by atoms with Gasteiger partial charge in [0.1, 0.15) is 5.82 Å². The first kappa shape index (κ1) is 26.2. The lowest BCUT2D eigenvalue weighted by Crippen LogP contribution is -2.31. The summed E-state index contributed by atoms with van der Waals surface area (Å²) in [6, 6.07) is 12.5. The van der Waals surface area contributed by atoms with Gasteiger partial charge >= 0.3 is 6.18 Å². The highest BCUT2D eigenvalue weighted by atomic mass is 19.4. The number of alkyl halides is 3. The molecule has 8 heteroatoms. The average molecular weight is 507 g/mol. The van der Waals surface area contributed by atoms with Gasteiger partial charge in [0.05, 0.1) is 11.1 Å². The van der Waals surface area contributed by atoms with Gasteiger partial charge in [-0.1, -0.05) is 24.0 Å². The maximum Gasteiger partial charge on any atom is 0.416 e. The van der Waals surface area contributed by atoms with Crippen molar-refractivity contribution in [2.45, 2.75) is 32.4 Å². The Morgan fingerprint density at radius 1 is 1.11 bits per heavy atom. The van der Waals surface area contributed by atoms with Gasteiger partial charge in [-0.05, 0) is 99.8 Å². The minimum atomic E-state index is -4.51. The van der Waals surface area contributed by atoms with Gasteiger partial charge in [-0.3, -0.25) is 4.79 Å². The van der Waals surface area contributed by atoms with Crippen LogP contribution in [0.15, 0.2) is 54.7 Å². The standard InChI is InChI=1S/C29H29F3N4O/c1-19-5-6-24(17-22(19)8-7-21-4-3-13-34-27(21)33)28(37)35-25-10-9-23(26(18-25)29(30,31)32)16-20-11-14-36(2)15-12-20/h3-6,9-10,13,17-18,20H,11-12,14-16H2,1-2H3,(H2,33,34)(H,35,37). The number of aryl methyl sites for hydroxylation is 1. The molecule has 1 aliphatic rings. The number of carbonyl (C=O) groups excluding carboxylic acids is 1. The number of nitrogens with two attached hydrogens (primary N) is 1. The van der Waals surface area contributed by atoms with E-state index in [0.29, 0.717) is 23.4 Å². The zero-order chi connectivity index (χ0) is 26.6. The maximum atomic E-state index is 13.9. The van der Waals surface area contributed by atoms with E-state index >= 15 is 0 Å². The van der Waals surface area contributed by atoms with Crippen molar-refractivity contribution in [3.63, 3.8) is 0 Å². The van der Waals surface area contributed by atoms with Crippen molar-refractivity contribution >= 4 is 17.4 Å². The highest BCUT2D eigenvalue weighted by Gasteiger charge is 2.34. The highest BCUT2D eigenvalue weighted by Crippen LogP contribution is 2.36. The van der Waals surface area contributed by atoms with Crippen LogP contribution in [0.4, 0.5) is 24.7 Å². The second-order valence-electron chi connectivity index (χ2n) is 9.49. The molecule has 0 radical (unpaired) electrons. The molecule has 2 heterocycles. The summed E-state index contributed by atoms with van der Waals surface area (Å²) in [5.74, 6) is 5.97. The molecule has 3 aromatic rings. The van der Waals surface area contributed by atoms with Crippen LogP contribution >= 0.6 is 0 Å². The average Bonchev–Trinajstić information content (AvgIpc) is 2.86. The van der Waals surface area contributed by atoms with Crippen LogP contribution in [0.2, 0.25) is 0 Å². The number of carbonyl (C=O) groups is 1. The summed E-state index contributed by atoms with van der Waals surface area (Å²) in [5, 5.41) is 2.61. The van der Waals surface area contributed by atoms with Gasteiger partial charge < -0.3 is 16.0 Å². The van der Waals surface area contributed by atoms with Crippen molar-refractivity contribution in [3.05, 3.63) is 88.1 Å². The molecule has 1 saturated heterocycles. The van der Waals surface area contributed by atoms with Crippen molar-refractivity contribution < 1.29 is 18.0 Å². The normalized spacial score (nSPS) is 14.6. The molecule has 0 atom stereocenters. The first-order chi connectivity index (χ1) is 17.6. The van der Waals surface area contributed by atoms with Crippen LogP contribution in [0.5, 0.6) is 0 Å². The summed E-state index contributed by atoms with van der Waals surface area (Å²) in [6.45, 7) is 3.63. The van der Waals surface area contributed by atoms with Gasteiger partial charge in [-0.25, -0.2) is 4.98 Å². The minimum Gasteiger partial charge on any atom is -0.383 e. The lowest BCUT2D eigenvalue weighted by atomic mass is 9.88. The molecule has 0 bridgehead atoms. The molecule has 1 aliphatic heterocycles. The second-order valence-corrected chi connectivity index (χ2v) is 9.49. The van der Waals surface area contributed by atoms with E-state index in [1.54, 1.807) is 36.5 Å². The van der Waals surface area contributed by atoms with Crippen LogP contribution < -0.4 is 11.1 Å². The van der Waals surface area contributed by atoms with Crippen LogP contribution in [-0.4, -0.2) is 35.9 Å². The van der Waals surface area contributed by atoms with Gasteiger partial charge in [-0.2, -0.15) is 13.2 Å². The van der Waals surface area contributed by atoms with Gasteiger partial charge in [0.25, 0.3) is 5.91 Å². The SMILES string of the molecule is Cc1ccc(C(=O)Nc2ccc(CC3CCN(C)CC3)c(C(F)(F)F)c2)cc1C#Cc1cccnc1N. The fourth-order valence-electron chi connectivity index (χ4n) is 4.43. The molecule has 192 valence electrons. The van der Waals surface area contributed by atoms with E-state index in [0.717, 1.165) is 37.6 Å². The molecule has 4 rings (SSSR count). The van der Waals surface area contributed by atoms with E-state index in [9.17, 15) is 18.0 Å². The molecule has 37 heavy (non-hydrogen) atoms. The topological polar surface area (TPSA) is 71.2 Å². The number of hydrogen-bond donors (Lipinski definition) is 2.